The number of carbonyl (C=O) groups is 1. The lowest BCUT2D eigenvalue weighted by molar-refractivity contribution is -0.136. The summed E-state index contributed by atoms with van der Waals surface area (Å²) in [6.45, 7) is 1.17. The highest BCUT2D eigenvalue weighted by Crippen LogP contribution is 2.18. The molecule has 1 aliphatic rings. The van der Waals surface area contributed by atoms with Gasteiger partial charge in [-0.05, 0) is 49.2 Å². The van der Waals surface area contributed by atoms with Crippen molar-refractivity contribution in [3.8, 4) is 11.5 Å². The second-order valence-electron chi connectivity index (χ2n) is 5.65. The molecule has 0 aliphatic carbocycles. The number of nitrogens with zero attached hydrogens (tertiary/aromatic N) is 2. The van der Waals surface area contributed by atoms with Crippen LogP contribution in [0.3, 0.4) is 0 Å². The number of hydrogen-bond donors (Lipinski definition) is 0. The number of amides is 1. The number of carbonyl (C=O) groups excluding carboxylic acids is 1. The van der Waals surface area contributed by atoms with Gasteiger partial charge in [-0.3, -0.25) is 9.78 Å². The normalized spacial score (nSPS) is 17.4. The molecule has 1 aliphatic heterocycles. The van der Waals surface area contributed by atoms with E-state index < -0.39 is 0 Å². The third-order valence-corrected chi connectivity index (χ3v) is 3.86. The van der Waals surface area contributed by atoms with E-state index in [4.69, 9.17) is 9.47 Å². The zero-order chi connectivity index (χ0) is 16.8. The van der Waals surface area contributed by atoms with Gasteiger partial charge in [0, 0.05) is 18.9 Å². The summed E-state index contributed by atoms with van der Waals surface area (Å²) in [5.74, 6) is 0.807. The summed E-state index contributed by atoms with van der Waals surface area (Å²) in [6, 6.07) is 9.23. The van der Waals surface area contributed by atoms with Crippen LogP contribution in [0.1, 0.15) is 12.8 Å². The van der Waals surface area contributed by atoms with Crippen LogP contribution in [0, 0.1) is 5.82 Å². The smallest absolute Gasteiger partial charge is 0.260 e. The van der Waals surface area contributed by atoms with Crippen molar-refractivity contribution in [3.63, 3.8) is 0 Å². The van der Waals surface area contributed by atoms with Crippen LogP contribution in [0.4, 0.5) is 4.39 Å². The lowest BCUT2D eigenvalue weighted by atomic mass is 10.1. The molecule has 6 heteroatoms. The van der Waals surface area contributed by atoms with Gasteiger partial charge in [-0.1, -0.05) is 0 Å². The van der Waals surface area contributed by atoms with E-state index in [1.54, 1.807) is 29.4 Å². The predicted molar refractivity (Wildman–Crippen MR) is 86.4 cm³/mol. The molecule has 126 valence electrons. The average Bonchev–Trinajstić information content (AvgIpc) is 2.62. The molecule has 1 fully saturated rings. The topological polar surface area (TPSA) is 51.7 Å². The molecule has 1 aromatic heterocycles. The Morgan fingerprint density at radius 3 is 2.67 bits per heavy atom. The van der Waals surface area contributed by atoms with Gasteiger partial charge in [-0.2, -0.15) is 0 Å². The van der Waals surface area contributed by atoms with E-state index in [0.717, 1.165) is 18.6 Å². The molecule has 1 saturated heterocycles. The third-order valence-electron chi connectivity index (χ3n) is 3.86. The number of hydrogen-bond acceptors (Lipinski definition) is 4. The number of pyridine rings is 1. The average molecular weight is 330 g/mol. The molecule has 0 radical (unpaired) electrons. The van der Waals surface area contributed by atoms with E-state index in [2.05, 4.69) is 4.98 Å². The molecular weight excluding hydrogens is 311 g/mol. The number of benzene rings is 1. The summed E-state index contributed by atoms with van der Waals surface area (Å²) in [5, 5.41) is 0. The van der Waals surface area contributed by atoms with E-state index in [-0.39, 0.29) is 24.4 Å². The van der Waals surface area contributed by atoms with Crippen LogP contribution in [-0.2, 0) is 4.79 Å². The molecular formula is C18H19FN2O3. The fourth-order valence-electron chi connectivity index (χ4n) is 2.64. The highest BCUT2D eigenvalue weighted by atomic mass is 19.1. The standard InChI is InChI=1S/C18H19FN2O3/c19-14-3-5-15(6-4-14)23-13-18(22)21-11-1-2-17(12-21)24-16-7-9-20-10-8-16/h3-10,17H,1-2,11-13H2. The van der Waals surface area contributed by atoms with Crippen LogP contribution in [0.15, 0.2) is 48.8 Å². The van der Waals surface area contributed by atoms with Crippen LogP contribution in [0.2, 0.25) is 0 Å². The first-order valence-electron chi connectivity index (χ1n) is 7.93. The Balaban J connectivity index is 1.50. The maximum Gasteiger partial charge on any atom is 0.260 e. The van der Waals surface area contributed by atoms with E-state index in [9.17, 15) is 9.18 Å². The molecule has 1 atom stereocenters. The van der Waals surface area contributed by atoms with Gasteiger partial charge in [0.25, 0.3) is 5.91 Å². The SMILES string of the molecule is O=C(COc1ccc(F)cc1)N1CCCC(Oc2ccncc2)C1. The van der Waals surface area contributed by atoms with Gasteiger partial charge in [0.15, 0.2) is 6.61 Å². The summed E-state index contributed by atoms with van der Waals surface area (Å²) >= 11 is 0. The molecule has 1 aromatic carbocycles. The summed E-state index contributed by atoms with van der Waals surface area (Å²) in [6.07, 6.45) is 5.12. The minimum atomic E-state index is -0.333. The monoisotopic (exact) mass is 330 g/mol. The van der Waals surface area contributed by atoms with Gasteiger partial charge in [0.2, 0.25) is 0 Å². The number of piperidine rings is 1. The fraction of sp³-hybridized carbons (Fsp3) is 0.333. The van der Waals surface area contributed by atoms with Gasteiger partial charge in [-0.25, -0.2) is 4.39 Å². The van der Waals surface area contributed by atoms with E-state index in [1.165, 1.54) is 24.3 Å². The van der Waals surface area contributed by atoms with Crippen LogP contribution in [0.5, 0.6) is 11.5 Å². The maximum absolute atomic E-state index is 12.8. The summed E-state index contributed by atoms with van der Waals surface area (Å²) < 4.78 is 24.2. The lowest BCUT2D eigenvalue weighted by Crippen LogP contribution is -2.46. The van der Waals surface area contributed by atoms with Crippen molar-refractivity contribution in [2.75, 3.05) is 19.7 Å². The van der Waals surface area contributed by atoms with Gasteiger partial charge < -0.3 is 14.4 Å². The second kappa shape index (κ2) is 7.77. The first-order chi connectivity index (χ1) is 11.7. The van der Waals surface area contributed by atoms with Crippen molar-refractivity contribution < 1.29 is 18.7 Å². The fourth-order valence-corrected chi connectivity index (χ4v) is 2.64. The summed E-state index contributed by atoms with van der Waals surface area (Å²) in [7, 11) is 0. The molecule has 5 nitrogen and oxygen atoms in total. The number of ether oxygens (including phenoxy) is 2. The van der Waals surface area contributed by atoms with Gasteiger partial charge in [0.1, 0.15) is 23.4 Å². The molecule has 24 heavy (non-hydrogen) atoms. The van der Waals surface area contributed by atoms with E-state index in [0.29, 0.717) is 18.8 Å². The summed E-state index contributed by atoms with van der Waals surface area (Å²) in [4.78, 5) is 18.0. The highest BCUT2D eigenvalue weighted by Gasteiger charge is 2.25. The summed E-state index contributed by atoms with van der Waals surface area (Å²) in [5.41, 5.74) is 0. The van der Waals surface area contributed by atoms with E-state index >= 15 is 0 Å². The minimum Gasteiger partial charge on any atom is -0.488 e. The zero-order valence-electron chi connectivity index (χ0n) is 13.2. The molecule has 2 aromatic rings. The van der Waals surface area contributed by atoms with Gasteiger partial charge in [0.05, 0.1) is 6.54 Å². The molecule has 1 amide bonds. The van der Waals surface area contributed by atoms with Crippen LogP contribution < -0.4 is 9.47 Å². The number of aromatic nitrogens is 1. The number of likely N-dealkylation sites (tertiary alicyclic amines) is 1. The van der Waals surface area contributed by atoms with Crippen molar-refractivity contribution in [1.29, 1.82) is 0 Å². The Bertz CT molecular complexity index is 664. The van der Waals surface area contributed by atoms with Crippen molar-refractivity contribution in [2.45, 2.75) is 18.9 Å². The maximum atomic E-state index is 12.8. The molecule has 1 unspecified atom stereocenters. The first kappa shape index (κ1) is 16.2. The Morgan fingerprint density at radius 1 is 1.17 bits per heavy atom. The van der Waals surface area contributed by atoms with Crippen molar-refractivity contribution in [2.24, 2.45) is 0 Å². The predicted octanol–water partition coefficient (Wildman–Crippen LogP) is 2.67. The third kappa shape index (κ3) is 4.44. The lowest BCUT2D eigenvalue weighted by Gasteiger charge is -2.32. The number of rotatable bonds is 5. The Labute approximate surface area is 140 Å². The Hall–Kier alpha value is -2.63. The van der Waals surface area contributed by atoms with Crippen molar-refractivity contribution in [1.82, 2.24) is 9.88 Å². The van der Waals surface area contributed by atoms with E-state index in [1.807, 2.05) is 0 Å². The quantitative estimate of drug-likeness (QED) is 0.846. The molecule has 2 heterocycles. The van der Waals surface area contributed by atoms with Crippen LogP contribution in [-0.4, -0.2) is 41.6 Å². The number of halogens is 1. The van der Waals surface area contributed by atoms with Crippen LogP contribution in [0.25, 0.3) is 0 Å². The van der Waals surface area contributed by atoms with Crippen molar-refractivity contribution in [3.05, 3.63) is 54.6 Å². The largest absolute Gasteiger partial charge is 0.488 e. The molecule has 0 bridgehead atoms. The molecule has 3 rings (SSSR count). The minimum absolute atomic E-state index is 0.0316. The second-order valence-corrected chi connectivity index (χ2v) is 5.65. The zero-order valence-corrected chi connectivity index (χ0v) is 13.2. The van der Waals surface area contributed by atoms with Gasteiger partial charge >= 0.3 is 0 Å². The van der Waals surface area contributed by atoms with Gasteiger partial charge in [-0.15, -0.1) is 0 Å². The first-order valence-corrected chi connectivity index (χ1v) is 7.93. The molecule has 0 spiro atoms. The van der Waals surface area contributed by atoms with Crippen molar-refractivity contribution >= 4 is 5.91 Å². The highest BCUT2D eigenvalue weighted by molar-refractivity contribution is 5.77. The van der Waals surface area contributed by atoms with Crippen LogP contribution >= 0.6 is 0 Å². The molecule has 0 saturated carbocycles. The Morgan fingerprint density at radius 2 is 1.92 bits per heavy atom. The Kier molecular flexibility index (Phi) is 5.25. The molecule has 0 N–H and O–H groups in total.